The van der Waals surface area contributed by atoms with E-state index in [9.17, 15) is 18.8 Å². The molecule has 0 saturated carbocycles. The maximum absolute atomic E-state index is 13.5. The summed E-state index contributed by atoms with van der Waals surface area (Å²) >= 11 is 0. The predicted molar refractivity (Wildman–Crippen MR) is 158 cm³/mol. The number of urea groups is 1. The van der Waals surface area contributed by atoms with E-state index in [1.165, 1.54) is 22.9 Å². The molecule has 1 saturated heterocycles. The molecule has 1 unspecified atom stereocenters. The Hall–Kier alpha value is -5.10. The monoisotopic (exact) mass is 585 g/mol. The van der Waals surface area contributed by atoms with Gasteiger partial charge in [-0.25, -0.2) is 18.3 Å². The summed E-state index contributed by atoms with van der Waals surface area (Å²) in [6.45, 7) is 6.69. The normalized spacial score (nSPS) is 17.3. The number of anilines is 3. The van der Waals surface area contributed by atoms with Gasteiger partial charge in [0.1, 0.15) is 22.8 Å². The van der Waals surface area contributed by atoms with Crippen molar-refractivity contribution in [2.45, 2.75) is 13.8 Å². The number of carbonyl (C=O) groups is 3. The van der Waals surface area contributed by atoms with E-state index in [0.717, 1.165) is 46.9 Å². The molecule has 0 radical (unpaired) electrons. The van der Waals surface area contributed by atoms with E-state index in [-0.39, 0.29) is 12.2 Å². The molecule has 12 heteroatoms. The molecule has 2 aliphatic heterocycles. The number of aryl methyl sites for hydroxylation is 1. The van der Waals surface area contributed by atoms with Gasteiger partial charge in [-0.15, -0.1) is 4.90 Å². The average Bonchev–Trinajstić information content (AvgIpc) is 3.49. The predicted octanol–water partition coefficient (Wildman–Crippen LogP) is 4.24. The molecule has 220 valence electrons. The van der Waals surface area contributed by atoms with Gasteiger partial charge in [0.15, 0.2) is 11.7 Å². The quantitative estimate of drug-likeness (QED) is 0.255. The third-order valence-corrected chi connectivity index (χ3v) is 7.46. The molecular formula is C31H30FN6O5+. The molecule has 0 bridgehead atoms. The first-order valence-electron chi connectivity index (χ1n) is 14.0. The fourth-order valence-corrected chi connectivity index (χ4v) is 5.16. The number of amides is 4. The number of hydrogen-bond donors (Lipinski definition) is 1. The van der Waals surface area contributed by atoms with E-state index in [4.69, 9.17) is 9.47 Å². The van der Waals surface area contributed by atoms with Crippen molar-refractivity contribution in [2.75, 3.05) is 48.0 Å². The molecule has 1 fully saturated rings. The van der Waals surface area contributed by atoms with Crippen molar-refractivity contribution in [1.29, 1.82) is 0 Å². The average molecular weight is 586 g/mol. The second-order valence-electron chi connectivity index (χ2n) is 10.2. The van der Waals surface area contributed by atoms with Crippen LogP contribution in [0.1, 0.15) is 12.5 Å². The van der Waals surface area contributed by atoms with Crippen LogP contribution in [0.15, 0.2) is 67.0 Å². The topological polar surface area (TPSA) is 108 Å². The van der Waals surface area contributed by atoms with E-state index in [0.29, 0.717) is 30.4 Å². The van der Waals surface area contributed by atoms with Gasteiger partial charge in [-0.2, -0.15) is 9.89 Å². The van der Waals surface area contributed by atoms with Crippen LogP contribution in [0.5, 0.6) is 11.5 Å². The lowest BCUT2D eigenvalue weighted by Gasteiger charge is -2.29. The first kappa shape index (κ1) is 28.0. The van der Waals surface area contributed by atoms with E-state index in [1.54, 1.807) is 35.8 Å². The zero-order chi connectivity index (χ0) is 30.1. The number of carbonyl (C=O) groups excluding carboxylic acids is 3. The molecule has 4 aromatic rings. The van der Waals surface area contributed by atoms with E-state index in [2.05, 4.69) is 15.3 Å². The highest BCUT2D eigenvalue weighted by Crippen LogP contribution is 2.33. The number of hydrogen-bond acceptors (Lipinski definition) is 7. The standard InChI is InChI=1S/C31H29FN6O5/c1-3-35-19-25(30(40)38(31(35)41)23-7-4-21(32)5-8-23)29(39)34-22-6-9-27(20(2)16-22)43-28-17-24(36-12-14-42-15-13-36)18-37-26(28)10-11-33-37/h4-11,16-19,25H,3,12-15H2,1-2H3/p+1. The lowest BCUT2D eigenvalue weighted by Crippen LogP contribution is -2.54. The number of nitrogens with one attached hydrogen (secondary N) is 1. The van der Waals surface area contributed by atoms with Gasteiger partial charge in [-0.05, 0) is 67.9 Å². The van der Waals surface area contributed by atoms with Crippen molar-refractivity contribution in [3.63, 3.8) is 0 Å². The van der Waals surface area contributed by atoms with Crippen LogP contribution < -0.4 is 19.9 Å². The molecule has 43 heavy (non-hydrogen) atoms. The van der Waals surface area contributed by atoms with Crippen molar-refractivity contribution >= 4 is 46.6 Å². The minimum absolute atomic E-state index is 0.183. The number of imide groups is 1. The Morgan fingerprint density at radius 3 is 2.56 bits per heavy atom. The SMILES string of the molecule is CC[N+]1=CC(C(=O)Nc2ccc(Oc3cc(N4CCOCC4)cn4nccc34)c(C)c2)C(=O)N(c2ccc(F)cc2)C1=O. The first-order chi connectivity index (χ1) is 20.8. The third-order valence-electron chi connectivity index (χ3n) is 7.46. The van der Waals surface area contributed by atoms with Crippen molar-refractivity contribution in [1.82, 2.24) is 9.61 Å². The Kier molecular flexibility index (Phi) is 7.59. The van der Waals surface area contributed by atoms with Gasteiger partial charge >= 0.3 is 11.9 Å². The van der Waals surface area contributed by atoms with E-state index < -0.39 is 29.6 Å². The molecule has 2 aliphatic rings. The second kappa shape index (κ2) is 11.6. The number of ether oxygens (including phenoxy) is 2. The number of nitrogens with zero attached hydrogens (tertiary/aromatic N) is 5. The number of halogens is 1. The molecule has 11 nitrogen and oxygen atoms in total. The number of pyridine rings is 1. The number of benzene rings is 2. The van der Waals surface area contributed by atoms with Gasteiger partial charge in [0.25, 0.3) is 0 Å². The Balaban J connectivity index is 1.22. The van der Waals surface area contributed by atoms with Crippen molar-refractivity contribution in [3.05, 3.63) is 78.4 Å². The molecule has 2 aromatic carbocycles. The van der Waals surface area contributed by atoms with Crippen LogP contribution >= 0.6 is 0 Å². The van der Waals surface area contributed by atoms with Gasteiger partial charge in [0, 0.05) is 24.8 Å². The van der Waals surface area contributed by atoms with Crippen molar-refractivity contribution in [3.8, 4) is 11.5 Å². The summed E-state index contributed by atoms with van der Waals surface area (Å²) in [6.07, 6.45) is 5.00. The fraction of sp³-hybridized carbons (Fsp3) is 0.258. The minimum Gasteiger partial charge on any atom is -0.455 e. The lowest BCUT2D eigenvalue weighted by molar-refractivity contribution is -0.419. The molecule has 1 N–H and O–H groups in total. The van der Waals surface area contributed by atoms with Crippen molar-refractivity contribution < 1.29 is 32.8 Å². The summed E-state index contributed by atoms with van der Waals surface area (Å²) in [5.41, 5.74) is 3.17. The summed E-state index contributed by atoms with van der Waals surface area (Å²) in [7, 11) is 0. The summed E-state index contributed by atoms with van der Waals surface area (Å²) in [5.74, 6) is -1.87. The van der Waals surface area contributed by atoms with Crippen LogP contribution in [-0.2, 0) is 14.3 Å². The Labute approximate surface area is 246 Å². The number of morpholine rings is 1. The minimum atomic E-state index is -1.27. The summed E-state index contributed by atoms with van der Waals surface area (Å²) in [4.78, 5) is 42.7. The Bertz CT molecular complexity index is 1750. The number of rotatable bonds is 7. The largest absolute Gasteiger partial charge is 0.505 e. The number of aromatic nitrogens is 2. The van der Waals surface area contributed by atoms with Gasteiger partial charge in [-0.1, -0.05) is 0 Å². The van der Waals surface area contributed by atoms with Gasteiger partial charge in [-0.3, -0.25) is 4.79 Å². The second-order valence-corrected chi connectivity index (χ2v) is 10.2. The van der Waals surface area contributed by atoms with Crippen LogP contribution in [0.4, 0.5) is 26.2 Å². The molecule has 4 heterocycles. The van der Waals surface area contributed by atoms with Crippen LogP contribution in [0.2, 0.25) is 0 Å². The first-order valence-corrected chi connectivity index (χ1v) is 14.0. The van der Waals surface area contributed by atoms with Crippen LogP contribution in [-0.4, -0.2) is 71.1 Å². The highest BCUT2D eigenvalue weighted by molar-refractivity contribution is 6.28. The van der Waals surface area contributed by atoms with Gasteiger partial charge < -0.3 is 19.7 Å². The Morgan fingerprint density at radius 1 is 1.07 bits per heavy atom. The summed E-state index contributed by atoms with van der Waals surface area (Å²) in [6, 6.07) is 13.4. The maximum Gasteiger partial charge on any atom is 0.505 e. The molecular weight excluding hydrogens is 555 g/mol. The fourth-order valence-electron chi connectivity index (χ4n) is 5.16. The molecule has 4 amide bonds. The molecule has 0 spiro atoms. The molecule has 0 aliphatic carbocycles. The van der Waals surface area contributed by atoms with Crippen molar-refractivity contribution in [2.24, 2.45) is 5.92 Å². The van der Waals surface area contributed by atoms with Gasteiger partial charge in [0.05, 0.1) is 44.1 Å². The van der Waals surface area contributed by atoms with E-state index >= 15 is 0 Å². The highest BCUT2D eigenvalue weighted by Gasteiger charge is 2.47. The van der Waals surface area contributed by atoms with Crippen LogP contribution in [0, 0.1) is 18.7 Å². The lowest BCUT2D eigenvalue weighted by atomic mass is 10.1. The zero-order valence-corrected chi connectivity index (χ0v) is 23.7. The number of fused-ring (bicyclic) bond motifs is 1. The van der Waals surface area contributed by atoms with Gasteiger partial charge in [0.2, 0.25) is 5.91 Å². The molecule has 2 aromatic heterocycles. The summed E-state index contributed by atoms with van der Waals surface area (Å²) < 4.78 is 28.4. The maximum atomic E-state index is 13.5. The Morgan fingerprint density at radius 2 is 1.84 bits per heavy atom. The molecule has 1 atom stereocenters. The summed E-state index contributed by atoms with van der Waals surface area (Å²) in [5, 5.41) is 7.19. The smallest absolute Gasteiger partial charge is 0.455 e. The van der Waals surface area contributed by atoms with Crippen LogP contribution in [0.25, 0.3) is 5.52 Å². The highest BCUT2D eigenvalue weighted by atomic mass is 19.1. The van der Waals surface area contributed by atoms with E-state index in [1.807, 2.05) is 25.3 Å². The molecule has 6 rings (SSSR count). The third kappa shape index (κ3) is 5.56. The van der Waals surface area contributed by atoms with Crippen LogP contribution in [0.3, 0.4) is 0 Å². The zero-order valence-electron chi connectivity index (χ0n) is 23.7.